The van der Waals surface area contributed by atoms with Crippen LogP contribution >= 0.6 is 11.6 Å². The van der Waals surface area contributed by atoms with E-state index in [1.54, 1.807) is 20.8 Å². The Morgan fingerprint density at radius 2 is 1.91 bits per heavy atom. The Bertz CT molecular complexity index is 582. The Balaban J connectivity index is 2.70. The molecule has 0 bridgehead atoms. The fourth-order valence-electron chi connectivity index (χ4n) is 1.83. The zero-order chi connectivity index (χ0) is 17.8. The molecule has 1 aromatic rings. The summed E-state index contributed by atoms with van der Waals surface area (Å²) in [5, 5.41) is 22.8. The number of amides is 1. The van der Waals surface area contributed by atoms with Gasteiger partial charge >= 0.3 is 6.09 Å². The van der Waals surface area contributed by atoms with Crippen molar-refractivity contribution in [1.29, 1.82) is 0 Å². The largest absolute Gasteiger partial charge is 0.444 e. The van der Waals surface area contributed by atoms with Crippen molar-refractivity contribution in [3.63, 3.8) is 0 Å². The van der Waals surface area contributed by atoms with Crippen molar-refractivity contribution in [2.75, 3.05) is 6.54 Å². The van der Waals surface area contributed by atoms with E-state index in [0.717, 1.165) is 0 Å². The Labute approximate surface area is 140 Å². The molecule has 0 aliphatic heterocycles. The van der Waals surface area contributed by atoms with E-state index >= 15 is 0 Å². The molecule has 0 saturated heterocycles. The van der Waals surface area contributed by atoms with Crippen LogP contribution in [0.1, 0.15) is 49.7 Å². The number of rotatable bonds is 5. The Kier molecular flexibility index (Phi) is 6.56. The summed E-state index contributed by atoms with van der Waals surface area (Å²) in [6.45, 7) is 6.31. The zero-order valence-corrected chi connectivity index (χ0v) is 14.3. The number of halogens is 1. The van der Waals surface area contributed by atoms with E-state index in [1.165, 1.54) is 25.1 Å². The van der Waals surface area contributed by atoms with E-state index in [4.69, 9.17) is 16.3 Å². The van der Waals surface area contributed by atoms with Crippen molar-refractivity contribution in [1.82, 2.24) is 5.32 Å². The van der Waals surface area contributed by atoms with Crippen LogP contribution in [0.2, 0.25) is 5.02 Å². The summed E-state index contributed by atoms with van der Waals surface area (Å²) in [7, 11) is 0. The van der Waals surface area contributed by atoms with Gasteiger partial charge in [-0.2, -0.15) is 0 Å². The molecule has 6 nitrogen and oxygen atoms in total. The first kappa shape index (κ1) is 19.4. The quantitative estimate of drug-likeness (QED) is 0.714. The number of carbonyl (C=O) groups is 2. The highest BCUT2D eigenvalue weighted by atomic mass is 35.5. The Morgan fingerprint density at radius 1 is 1.30 bits per heavy atom. The Morgan fingerprint density at radius 3 is 2.43 bits per heavy atom. The second-order valence-corrected chi connectivity index (χ2v) is 6.60. The van der Waals surface area contributed by atoms with E-state index in [-0.39, 0.29) is 22.9 Å². The van der Waals surface area contributed by atoms with Gasteiger partial charge in [-0.15, -0.1) is 0 Å². The number of ketones is 1. The maximum Gasteiger partial charge on any atom is 0.407 e. The SMILES string of the molecule is CC(=O)c1cc(C(O)C(O)CNC(=O)OC(C)(C)C)ccc1Cl. The van der Waals surface area contributed by atoms with Crippen molar-refractivity contribution in [2.45, 2.75) is 45.5 Å². The minimum Gasteiger partial charge on any atom is -0.444 e. The van der Waals surface area contributed by atoms with Crippen molar-refractivity contribution in [2.24, 2.45) is 0 Å². The molecular formula is C16H22ClNO5. The normalized spacial score (nSPS) is 14.0. The molecule has 3 N–H and O–H groups in total. The van der Waals surface area contributed by atoms with Crippen LogP contribution in [0.3, 0.4) is 0 Å². The molecule has 1 aromatic carbocycles. The molecule has 128 valence electrons. The van der Waals surface area contributed by atoms with Gasteiger partial charge in [-0.05, 0) is 45.4 Å². The fourth-order valence-corrected chi connectivity index (χ4v) is 2.08. The number of hydrogen-bond acceptors (Lipinski definition) is 5. The van der Waals surface area contributed by atoms with Gasteiger partial charge in [0.25, 0.3) is 0 Å². The van der Waals surface area contributed by atoms with Crippen molar-refractivity contribution in [3.05, 3.63) is 34.3 Å². The minimum absolute atomic E-state index is 0.200. The number of nitrogens with one attached hydrogen (secondary N) is 1. The van der Waals surface area contributed by atoms with Gasteiger partial charge in [0.15, 0.2) is 5.78 Å². The van der Waals surface area contributed by atoms with Crippen LogP contribution in [0, 0.1) is 0 Å². The average Bonchev–Trinajstić information content (AvgIpc) is 2.42. The first-order valence-electron chi connectivity index (χ1n) is 7.14. The molecule has 0 aliphatic carbocycles. The number of aliphatic hydroxyl groups excluding tert-OH is 2. The number of ether oxygens (including phenoxy) is 1. The summed E-state index contributed by atoms with van der Waals surface area (Å²) in [5.41, 5.74) is -0.0613. The van der Waals surface area contributed by atoms with Crippen LogP contribution in [-0.4, -0.2) is 40.3 Å². The van der Waals surface area contributed by atoms with Crippen molar-refractivity contribution in [3.8, 4) is 0 Å². The number of aliphatic hydroxyl groups is 2. The summed E-state index contributed by atoms with van der Waals surface area (Å²) >= 11 is 5.90. The number of benzene rings is 1. The highest BCUT2D eigenvalue weighted by molar-refractivity contribution is 6.33. The van der Waals surface area contributed by atoms with E-state index in [9.17, 15) is 19.8 Å². The fraction of sp³-hybridized carbons (Fsp3) is 0.500. The standard InChI is InChI=1S/C16H22ClNO5/c1-9(19)11-7-10(5-6-12(11)17)14(21)13(20)8-18-15(22)23-16(2,3)4/h5-7,13-14,20-21H,8H2,1-4H3,(H,18,22). The molecule has 7 heteroatoms. The third kappa shape index (κ3) is 6.17. The lowest BCUT2D eigenvalue weighted by atomic mass is 10.0. The second kappa shape index (κ2) is 7.77. The number of hydrogen-bond donors (Lipinski definition) is 3. The minimum atomic E-state index is -1.28. The summed E-state index contributed by atoms with van der Waals surface area (Å²) in [6, 6.07) is 4.41. The maximum atomic E-state index is 11.5. The monoisotopic (exact) mass is 343 g/mol. The van der Waals surface area contributed by atoms with Gasteiger partial charge in [0.2, 0.25) is 0 Å². The van der Waals surface area contributed by atoms with Gasteiger partial charge in [-0.3, -0.25) is 4.79 Å². The molecule has 1 amide bonds. The number of carbonyl (C=O) groups excluding carboxylic acids is 2. The average molecular weight is 344 g/mol. The molecule has 0 spiro atoms. The van der Waals surface area contributed by atoms with Gasteiger partial charge in [-0.1, -0.05) is 17.7 Å². The lowest BCUT2D eigenvalue weighted by molar-refractivity contribution is 0.0129. The molecule has 23 heavy (non-hydrogen) atoms. The maximum absolute atomic E-state index is 11.5. The van der Waals surface area contributed by atoms with Crippen LogP contribution < -0.4 is 5.32 Å². The molecule has 0 heterocycles. The Hall–Kier alpha value is -1.63. The number of Topliss-reactive ketones (excluding diaryl/α,β-unsaturated/α-hetero) is 1. The van der Waals surface area contributed by atoms with E-state index in [2.05, 4.69) is 5.32 Å². The van der Waals surface area contributed by atoms with Gasteiger partial charge in [0.05, 0.1) is 5.02 Å². The third-order valence-electron chi connectivity index (χ3n) is 2.93. The number of alkyl carbamates (subject to hydrolysis) is 1. The highest BCUT2D eigenvalue weighted by Gasteiger charge is 2.22. The summed E-state index contributed by atoms with van der Waals surface area (Å²) in [6.07, 6.45) is -3.23. The zero-order valence-electron chi connectivity index (χ0n) is 13.6. The molecule has 2 atom stereocenters. The van der Waals surface area contributed by atoms with Crippen molar-refractivity contribution < 1.29 is 24.5 Å². The lowest BCUT2D eigenvalue weighted by Crippen LogP contribution is -2.38. The van der Waals surface area contributed by atoms with Crippen LogP contribution in [0.4, 0.5) is 4.79 Å². The molecule has 1 rings (SSSR count). The van der Waals surface area contributed by atoms with Crippen LogP contribution in [0.25, 0.3) is 0 Å². The van der Waals surface area contributed by atoms with Gasteiger partial charge in [0.1, 0.15) is 17.8 Å². The van der Waals surface area contributed by atoms with E-state index in [1.807, 2.05) is 0 Å². The first-order valence-corrected chi connectivity index (χ1v) is 7.52. The molecule has 0 fully saturated rings. The molecule has 0 aliphatic rings. The topological polar surface area (TPSA) is 95.9 Å². The summed E-state index contributed by atoms with van der Waals surface area (Å²) < 4.78 is 5.03. The molecule has 0 radical (unpaired) electrons. The van der Waals surface area contributed by atoms with Gasteiger partial charge < -0.3 is 20.3 Å². The van der Waals surface area contributed by atoms with Crippen LogP contribution in [0.5, 0.6) is 0 Å². The van der Waals surface area contributed by atoms with Crippen LogP contribution in [0.15, 0.2) is 18.2 Å². The molecule has 2 unspecified atom stereocenters. The third-order valence-corrected chi connectivity index (χ3v) is 3.26. The van der Waals surface area contributed by atoms with Crippen molar-refractivity contribution >= 4 is 23.5 Å². The second-order valence-electron chi connectivity index (χ2n) is 6.19. The molecule has 0 saturated carbocycles. The first-order chi connectivity index (χ1) is 10.5. The summed E-state index contributed by atoms with van der Waals surface area (Å²) in [5.74, 6) is -0.245. The smallest absolute Gasteiger partial charge is 0.407 e. The van der Waals surface area contributed by atoms with Gasteiger partial charge in [-0.25, -0.2) is 4.79 Å². The van der Waals surface area contributed by atoms with E-state index in [0.29, 0.717) is 5.56 Å². The highest BCUT2D eigenvalue weighted by Crippen LogP contribution is 2.24. The lowest BCUT2D eigenvalue weighted by Gasteiger charge is -2.22. The molecular weight excluding hydrogens is 322 g/mol. The van der Waals surface area contributed by atoms with Gasteiger partial charge in [0, 0.05) is 12.1 Å². The predicted molar refractivity (Wildman–Crippen MR) is 86.7 cm³/mol. The predicted octanol–water partition coefficient (Wildman–Crippen LogP) is 2.46. The van der Waals surface area contributed by atoms with Crippen LogP contribution in [-0.2, 0) is 4.74 Å². The summed E-state index contributed by atoms with van der Waals surface area (Å²) in [4.78, 5) is 23.0. The molecule has 0 aromatic heterocycles. The van der Waals surface area contributed by atoms with E-state index < -0.39 is 23.9 Å².